The normalized spacial score (nSPS) is 21.4. The number of ether oxygens (including phenoxy) is 2. The summed E-state index contributed by atoms with van der Waals surface area (Å²) in [7, 11) is 0. The number of para-hydroxylation sites is 1. The van der Waals surface area contributed by atoms with Gasteiger partial charge in [0.2, 0.25) is 0 Å². The Balaban J connectivity index is 1.50. The number of carbonyl (C=O) groups excluding carboxylic acids is 2. The number of thiophene rings is 1. The minimum Gasteiger partial charge on any atom is -0.490 e. The number of hydrogen-bond donors (Lipinski definition) is 0. The summed E-state index contributed by atoms with van der Waals surface area (Å²) in [4.78, 5) is 31.4. The Morgan fingerprint density at radius 1 is 1.14 bits per heavy atom. The van der Waals surface area contributed by atoms with Crippen LogP contribution in [0.1, 0.15) is 37.0 Å². The number of esters is 1. The topological polar surface area (TPSA) is 65.0 Å². The molecule has 0 amide bonds. The summed E-state index contributed by atoms with van der Waals surface area (Å²) in [5.41, 5.74) is 2.26. The van der Waals surface area contributed by atoms with Gasteiger partial charge < -0.3 is 9.47 Å². The van der Waals surface area contributed by atoms with E-state index in [9.17, 15) is 9.59 Å². The van der Waals surface area contributed by atoms with Crippen molar-refractivity contribution in [3.05, 3.63) is 64.0 Å². The number of hydrogen-bond acceptors (Lipinski definition) is 6. The predicted octanol–water partition coefficient (Wildman–Crippen LogP) is 4.55. The lowest BCUT2D eigenvalue weighted by atomic mass is 9.74. The predicted molar refractivity (Wildman–Crippen MR) is 112 cm³/mol. The van der Waals surface area contributed by atoms with E-state index in [1.807, 2.05) is 54.8 Å². The average Bonchev–Trinajstić information content (AvgIpc) is 3.25. The van der Waals surface area contributed by atoms with Crippen LogP contribution < -0.4 is 4.74 Å². The van der Waals surface area contributed by atoms with E-state index < -0.39 is 5.92 Å². The largest absolute Gasteiger partial charge is 0.490 e. The van der Waals surface area contributed by atoms with Gasteiger partial charge in [-0.05, 0) is 43.3 Å². The van der Waals surface area contributed by atoms with Gasteiger partial charge in [0.05, 0.1) is 0 Å². The second-order valence-corrected chi connectivity index (χ2v) is 8.17. The van der Waals surface area contributed by atoms with Crippen molar-refractivity contribution < 1.29 is 19.1 Å². The average molecular weight is 410 g/mol. The Kier molecular flexibility index (Phi) is 5.90. The van der Waals surface area contributed by atoms with Crippen LogP contribution in [-0.2, 0) is 14.3 Å². The molecule has 0 spiro atoms. The highest BCUT2D eigenvalue weighted by Crippen LogP contribution is 2.44. The van der Waals surface area contributed by atoms with Crippen LogP contribution in [0.5, 0.6) is 5.75 Å². The Labute approximate surface area is 174 Å². The summed E-state index contributed by atoms with van der Waals surface area (Å²) in [6.45, 7) is 2.28. The quantitative estimate of drug-likeness (QED) is 0.519. The Morgan fingerprint density at radius 3 is 2.72 bits per heavy atom. The third-order valence-corrected chi connectivity index (χ3v) is 6.23. The molecule has 2 aliphatic rings. The summed E-state index contributed by atoms with van der Waals surface area (Å²) in [6.07, 6.45) is 2.12. The van der Waals surface area contributed by atoms with Crippen molar-refractivity contribution in [2.75, 3.05) is 13.2 Å². The number of benzene rings is 1. The molecule has 150 valence electrons. The first-order valence-corrected chi connectivity index (χ1v) is 10.7. The van der Waals surface area contributed by atoms with Crippen molar-refractivity contribution >= 4 is 28.8 Å². The van der Waals surface area contributed by atoms with Gasteiger partial charge in [0, 0.05) is 34.2 Å². The zero-order valence-corrected chi connectivity index (χ0v) is 17.1. The third-order valence-electron chi connectivity index (χ3n) is 5.28. The number of rotatable bonds is 6. The summed E-state index contributed by atoms with van der Waals surface area (Å²) >= 11 is 1.56. The molecule has 2 atom stereocenters. The second kappa shape index (κ2) is 8.74. The van der Waals surface area contributed by atoms with Gasteiger partial charge in [-0.1, -0.05) is 24.3 Å². The summed E-state index contributed by atoms with van der Waals surface area (Å²) in [5, 5.41) is 1.97. The van der Waals surface area contributed by atoms with Crippen molar-refractivity contribution in [3.63, 3.8) is 0 Å². The number of carbonyl (C=O) groups is 2. The van der Waals surface area contributed by atoms with Crippen LogP contribution in [0.4, 0.5) is 0 Å². The highest BCUT2D eigenvalue weighted by Gasteiger charge is 2.43. The molecule has 5 nitrogen and oxygen atoms in total. The Bertz CT molecular complexity index is 947. The monoisotopic (exact) mass is 409 g/mol. The van der Waals surface area contributed by atoms with E-state index in [4.69, 9.17) is 9.47 Å². The fourth-order valence-electron chi connectivity index (χ4n) is 4.00. The third kappa shape index (κ3) is 4.17. The molecule has 29 heavy (non-hydrogen) atoms. The molecule has 0 fully saturated rings. The lowest BCUT2D eigenvalue weighted by Crippen LogP contribution is -2.37. The van der Waals surface area contributed by atoms with Crippen LogP contribution >= 0.6 is 11.3 Å². The zero-order chi connectivity index (χ0) is 20.2. The molecule has 2 heterocycles. The summed E-state index contributed by atoms with van der Waals surface area (Å²) < 4.78 is 11.1. The van der Waals surface area contributed by atoms with Gasteiger partial charge in [-0.25, -0.2) is 0 Å². The molecule has 1 aliphatic heterocycles. The zero-order valence-electron chi connectivity index (χ0n) is 16.3. The highest BCUT2D eigenvalue weighted by molar-refractivity contribution is 7.10. The van der Waals surface area contributed by atoms with Crippen molar-refractivity contribution in [1.82, 2.24) is 0 Å². The SMILES string of the molecule is CC1=NC2=C(C(=O)CCC2)[C@@H](c2cccs2)C1C(=O)OCCOc1ccccc1. The maximum absolute atomic E-state index is 13.0. The maximum Gasteiger partial charge on any atom is 0.315 e. The van der Waals surface area contributed by atoms with E-state index >= 15 is 0 Å². The van der Waals surface area contributed by atoms with Crippen LogP contribution in [0.15, 0.2) is 64.1 Å². The number of ketones is 1. The molecule has 4 rings (SSSR count). The summed E-state index contributed by atoms with van der Waals surface area (Å²) in [5.74, 6) is -0.403. The van der Waals surface area contributed by atoms with Crippen molar-refractivity contribution in [2.45, 2.75) is 32.1 Å². The first-order chi connectivity index (χ1) is 14.1. The van der Waals surface area contributed by atoms with Gasteiger partial charge >= 0.3 is 5.97 Å². The molecule has 0 radical (unpaired) electrons. The molecule has 1 unspecified atom stereocenters. The van der Waals surface area contributed by atoms with Crippen molar-refractivity contribution in [1.29, 1.82) is 0 Å². The van der Waals surface area contributed by atoms with E-state index in [0.29, 0.717) is 17.7 Å². The highest BCUT2D eigenvalue weighted by atomic mass is 32.1. The van der Waals surface area contributed by atoms with Gasteiger partial charge in [-0.2, -0.15) is 0 Å². The number of allylic oxidation sites excluding steroid dienone is 2. The fraction of sp³-hybridized carbons (Fsp3) is 0.348. The lowest BCUT2D eigenvalue weighted by molar-refractivity contribution is -0.147. The minimum absolute atomic E-state index is 0.103. The molecule has 6 heteroatoms. The number of nitrogens with zero attached hydrogens (tertiary/aromatic N) is 1. The van der Waals surface area contributed by atoms with Gasteiger partial charge in [0.1, 0.15) is 24.9 Å². The Morgan fingerprint density at radius 2 is 1.97 bits per heavy atom. The molecular formula is C23H23NO4S. The van der Waals surface area contributed by atoms with Gasteiger partial charge in [0.15, 0.2) is 5.78 Å². The summed E-state index contributed by atoms with van der Waals surface area (Å²) in [6, 6.07) is 13.3. The maximum atomic E-state index is 13.0. The van der Waals surface area contributed by atoms with E-state index in [0.717, 1.165) is 29.2 Å². The van der Waals surface area contributed by atoms with Crippen LogP contribution in [0.25, 0.3) is 0 Å². The van der Waals surface area contributed by atoms with Crippen molar-refractivity contribution in [2.24, 2.45) is 10.9 Å². The first-order valence-electron chi connectivity index (χ1n) is 9.84. The van der Waals surface area contributed by atoms with Crippen LogP contribution in [0, 0.1) is 5.92 Å². The molecule has 1 aliphatic carbocycles. The van der Waals surface area contributed by atoms with E-state index in [1.54, 1.807) is 11.3 Å². The molecule has 1 aromatic heterocycles. The van der Waals surface area contributed by atoms with E-state index in [-0.39, 0.29) is 30.9 Å². The van der Waals surface area contributed by atoms with Crippen LogP contribution in [0.2, 0.25) is 0 Å². The lowest BCUT2D eigenvalue weighted by Gasteiger charge is -2.33. The molecule has 1 aromatic carbocycles. The first kappa shape index (κ1) is 19.6. The molecule has 0 saturated carbocycles. The van der Waals surface area contributed by atoms with Crippen LogP contribution in [-0.4, -0.2) is 30.7 Å². The standard InChI is InChI=1S/C23H23NO4S/c1-15-20(23(26)28-13-12-27-16-7-3-2-4-8-16)22(19-11-6-14-29-19)21-17(24-15)9-5-10-18(21)25/h2-4,6-8,11,14,20,22H,5,9-10,12-13H2,1H3/t20?,22-/m0/s1. The van der Waals surface area contributed by atoms with Gasteiger partial charge in [0.25, 0.3) is 0 Å². The van der Waals surface area contributed by atoms with Gasteiger partial charge in [-0.3, -0.25) is 14.6 Å². The molecule has 0 bridgehead atoms. The van der Waals surface area contributed by atoms with Gasteiger partial charge in [-0.15, -0.1) is 11.3 Å². The minimum atomic E-state index is -0.578. The number of aliphatic imine (C=N–C) groups is 1. The van der Waals surface area contributed by atoms with Crippen molar-refractivity contribution in [3.8, 4) is 5.75 Å². The molecule has 2 aromatic rings. The molecule has 0 N–H and O–H groups in total. The van der Waals surface area contributed by atoms with E-state index in [2.05, 4.69) is 4.99 Å². The molecular weight excluding hydrogens is 386 g/mol. The second-order valence-electron chi connectivity index (χ2n) is 7.19. The van der Waals surface area contributed by atoms with Crippen LogP contribution in [0.3, 0.4) is 0 Å². The van der Waals surface area contributed by atoms with E-state index in [1.165, 1.54) is 0 Å². The molecule has 0 saturated heterocycles. The number of Topliss-reactive ketones (excluding diaryl/α,β-unsaturated/α-hetero) is 1. The Hall–Kier alpha value is -2.73. The smallest absolute Gasteiger partial charge is 0.315 e. The fourth-order valence-corrected chi connectivity index (χ4v) is 4.87.